The van der Waals surface area contributed by atoms with Crippen LogP contribution in [-0.2, 0) is 20.9 Å². The summed E-state index contributed by atoms with van der Waals surface area (Å²) >= 11 is 0. The Kier molecular flexibility index (Phi) is 7.47. The van der Waals surface area contributed by atoms with E-state index < -0.39 is 11.9 Å². The number of methoxy groups -OCH3 is 1. The Labute approximate surface area is 180 Å². The Bertz CT molecular complexity index is 969. The van der Waals surface area contributed by atoms with Gasteiger partial charge in [0.05, 0.1) is 19.4 Å². The maximum Gasteiger partial charge on any atom is 0.325 e. The molecule has 0 saturated carbocycles. The quantitative estimate of drug-likeness (QED) is 0.596. The highest BCUT2D eigenvalue weighted by Crippen LogP contribution is 2.28. The van der Waals surface area contributed by atoms with Gasteiger partial charge in [-0.1, -0.05) is 12.1 Å². The molecule has 2 aromatic rings. The van der Waals surface area contributed by atoms with Gasteiger partial charge >= 0.3 is 5.97 Å². The van der Waals surface area contributed by atoms with Crippen LogP contribution in [-0.4, -0.2) is 68.1 Å². The third-order valence-corrected chi connectivity index (χ3v) is 4.91. The van der Waals surface area contributed by atoms with E-state index in [-0.39, 0.29) is 25.3 Å². The van der Waals surface area contributed by atoms with Crippen molar-refractivity contribution in [2.24, 2.45) is 0 Å². The highest BCUT2D eigenvalue weighted by molar-refractivity contribution is 5.81. The van der Waals surface area contributed by atoms with Crippen LogP contribution < -0.4 is 25.4 Å². The normalized spacial score (nSPS) is 13.6. The highest BCUT2D eigenvalue weighted by atomic mass is 16.5. The molecule has 0 bridgehead atoms. The summed E-state index contributed by atoms with van der Waals surface area (Å²) < 4.78 is 11.3. The number of piperazine rings is 1. The number of nitrogens with zero attached hydrogens (tertiary/aromatic N) is 4. The number of aromatic nitrogens is 2. The van der Waals surface area contributed by atoms with E-state index in [9.17, 15) is 14.4 Å². The van der Waals surface area contributed by atoms with Crippen LogP contribution in [0.25, 0.3) is 0 Å². The van der Waals surface area contributed by atoms with Crippen LogP contribution in [0.2, 0.25) is 0 Å². The predicted molar refractivity (Wildman–Crippen MR) is 116 cm³/mol. The summed E-state index contributed by atoms with van der Waals surface area (Å²) in [5.41, 5.74) is 0.656. The van der Waals surface area contributed by atoms with Crippen molar-refractivity contribution >= 4 is 23.4 Å². The van der Waals surface area contributed by atoms with Gasteiger partial charge in [0, 0.05) is 32.2 Å². The lowest BCUT2D eigenvalue weighted by Crippen LogP contribution is -2.47. The molecule has 10 heteroatoms. The topological polar surface area (TPSA) is 106 Å². The van der Waals surface area contributed by atoms with Crippen LogP contribution in [0.4, 0.5) is 11.5 Å². The smallest absolute Gasteiger partial charge is 0.325 e. The molecule has 31 heavy (non-hydrogen) atoms. The van der Waals surface area contributed by atoms with Gasteiger partial charge in [0.25, 0.3) is 5.56 Å². The Morgan fingerprint density at radius 2 is 1.77 bits per heavy atom. The Morgan fingerprint density at radius 1 is 1.06 bits per heavy atom. The SMILES string of the molecule is CCOC(=O)CNC(=O)Cn1nc(N2CCN(c3ccccc3OC)CC2)ccc1=O. The van der Waals surface area contributed by atoms with Crippen molar-refractivity contribution in [1.82, 2.24) is 15.1 Å². The molecule has 2 heterocycles. The molecule has 0 atom stereocenters. The van der Waals surface area contributed by atoms with Gasteiger partial charge in [-0.15, -0.1) is 0 Å². The third kappa shape index (κ3) is 5.74. The number of carbonyl (C=O) groups excluding carboxylic acids is 2. The zero-order valence-electron chi connectivity index (χ0n) is 17.7. The number of ether oxygens (including phenoxy) is 2. The Balaban J connectivity index is 1.61. The average molecular weight is 429 g/mol. The second-order valence-electron chi connectivity index (χ2n) is 6.92. The zero-order chi connectivity index (χ0) is 22.2. The van der Waals surface area contributed by atoms with Gasteiger partial charge in [0.15, 0.2) is 0 Å². The van der Waals surface area contributed by atoms with E-state index in [1.165, 1.54) is 6.07 Å². The van der Waals surface area contributed by atoms with Crippen molar-refractivity contribution < 1.29 is 19.1 Å². The summed E-state index contributed by atoms with van der Waals surface area (Å²) in [5, 5.41) is 6.77. The fourth-order valence-corrected chi connectivity index (χ4v) is 3.36. The van der Waals surface area contributed by atoms with Crippen molar-refractivity contribution in [1.29, 1.82) is 0 Å². The molecule has 1 N–H and O–H groups in total. The van der Waals surface area contributed by atoms with Crippen LogP contribution in [0, 0.1) is 0 Å². The number of nitrogens with one attached hydrogen (secondary N) is 1. The summed E-state index contributed by atoms with van der Waals surface area (Å²) in [4.78, 5) is 39.9. The van der Waals surface area contributed by atoms with Gasteiger partial charge in [-0.25, -0.2) is 4.68 Å². The number of anilines is 2. The first-order valence-electron chi connectivity index (χ1n) is 10.1. The lowest BCUT2D eigenvalue weighted by molar-refractivity contribution is -0.143. The first kappa shape index (κ1) is 22.1. The molecule has 10 nitrogen and oxygen atoms in total. The first-order chi connectivity index (χ1) is 15.0. The number of carbonyl (C=O) groups is 2. The molecule has 0 aliphatic carbocycles. The minimum absolute atomic E-state index is 0.238. The summed E-state index contributed by atoms with van der Waals surface area (Å²) in [6.45, 7) is 4.35. The van der Waals surface area contributed by atoms with Crippen molar-refractivity contribution in [3.05, 3.63) is 46.8 Å². The molecule has 0 radical (unpaired) electrons. The molecular weight excluding hydrogens is 402 g/mol. The molecular formula is C21H27N5O5. The fourth-order valence-electron chi connectivity index (χ4n) is 3.36. The van der Waals surface area contributed by atoms with Crippen molar-refractivity contribution in [3.8, 4) is 5.75 Å². The van der Waals surface area contributed by atoms with Crippen LogP contribution in [0.5, 0.6) is 5.75 Å². The number of para-hydroxylation sites is 2. The first-order valence-corrected chi connectivity index (χ1v) is 10.1. The van der Waals surface area contributed by atoms with Crippen molar-refractivity contribution in [2.45, 2.75) is 13.5 Å². The van der Waals surface area contributed by atoms with Crippen molar-refractivity contribution in [2.75, 3.05) is 56.2 Å². The van der Waals surface area contributed by atoms with Gasteiger partial charge in [-0.05, 0) is 25.1 Å². The number of benzene rings is 1. The summed E-state index contributed by atoms with van der Waals surface area (Å²) in [6.07, 6.45) is 0. The van der Waals surface area contributed by atoms with Crippen LogP contribution in [0.1, 0.15) is 6.92 Å². The minimum Gasteiger partial charge on any atom is -0.495 e. The van der Waals surface area contributed by atoms with E-state index in [4.69, 9.17) is 9.47 Å². The van der Waals surface area contributed by atoms with E-state index in [0.29, 0.717) is 18.9 Å². The van der Waals surface area contributed by atoms with Gasteiger partial charge in [-0.3, -0.25) is 14.4 Å². The monoisotopic (exact) mass is 429 g/mol. The van der Waals surface area contributed by atoms with Gasteiger partial charge in [0.2, 0.25) is 5.91 Å². The lowest BCUT2D eigenvalue weighted by Gasteiger charge is -2.37. The molecule has 1 aliphatic heterocycles. The summed E-state index contributed by atoms with van der Waals surface area (Å²) in [6, 6.07) is 10.9. The number of hydrogen-bond acceptors (Lipinski definition) is 8. The van der Waals surface area contributed by atoms with Gasteiger partial charge in [0.1, 0.15) is 24.7 Å². The second-order valence-corrected chi connectivity index (χ2v) is 6.92. The molecule has 1 saturated heterocycles. The number of rotatable bonds is 8. The summed E-state index contributed by atoms with van der Waals surface area (Å²) in [7, 11) is 1.66. The van der Waals surface area contributed by atoms with E-state index in [2.05, 4.69) is 20.2 Å². The Hall–Kier alpha value is -3.56. The van der Waals surface area contributed by atoms with E-state index in [1.54, 1.807) is 20.1 Å². The van der Waals surface area contributed by atoms with Crippen LogP contribution in [0.15, 0.2) is 41.2 Å². The van der Waals surface area contributed by atoms with E-state index in [1.807, 2.05) is 24.3 Å². The van der Waals surface area contributed by atoms with Gasteiger partial charge < -0.3 is 24.6 Å². The number of hydrogen-bond donors (Lipinski definition) is 1. The lowest BCUT2D eigenvalue weighted by atomic mass is 10.2. The molecule has 1 fully saturated rings. The minimum atomic E-state index is -0.530. The highest BCUT2D eigenvalue weighted by Gasteiger charge is 2.21. The molecule has 1 aromatic carbocycles. The zero-order valence-corrected chi connectivity index (χ0v) is 17.7. The third-order valence-electron chi connectivity index (χ3n) is 4.91. The second kappa shape index (κ2) is 10.5. The molecule has 1 aromatic heterocycles. The molecule has 1 aliphatic rings. The van der Waals surface area contributed by atoms with Gasteiger partial charge in [-0.2, -0.15) is 5.10 Å². The number of amides is 1. The van der Waals surface area contributed by atoms with Crippen LogP contribution >= 0.6 is 0 Å². The molecule has 166 valence electrons. The van der Waals surface area contributed by atoms with E-state index >= 15 is 0 Å². The maximum atomic E-state index is 12.1. The van der Waals surface area contributed by atoms with E-state index in [0.717, 1.165) is 29.2 Å². The summed E-state index contributed by atoms with van der Waals surface area (Å²) in [5.74, 6) is 0.438. The fraction of sp³-hybridized carbons (Fsp3) is 0.429. The van der Waals surface area contributed by atoms with Crippen molar-refractivity contribution in [3.63, 3.8) is 0 Å². The maximum absolute atomic E-state index is 12.1. The predicted octanol–water partition coefficient (Wildman–Crippen LogP) is 0.258. The average Bonchev–Trinajstić information content (AvgIpc) is 2.79. The molecule has 1 amide bonds. The number of esters is 1. The molecule has 0 unspecified atom stereocenters. The molecule has 0 spiro atoms. The standard InChI is InChI=1S/C21H27N5O5/c1-3-31-21(29)14-22-19(27)15-26-20(28)9-8-18(23-26)25-12-10-24(11-13-25)16-6-4-5-7-17(16)30-2/h4-9H,3,10-15H2,1-2H3,(H,22,27). The largest absolute Gasteiger partial charge is 0.495 e. The Morgan fingerprint density at radius 3 is 2.48 bits per heavy atom. The molecule has 3 rings (SSSR count). The van der Waals surface area contributed by atoms with Crippen LogP contribution in [0.3, 0.4) is 0 Å².